The van der Waals surface area contributed by atoms with Crippen LogP contribution in [0.3, 0.4) is 0 Å². The van der Waals surface area contributed by atoms with E-state index in [0.717, 1.165) is 10.5 Å². The molecule has 3 aromatic rings. The molecule has 0 aliphatic heterocycles. The maximum absolute atomic E-state index is 11.8. The average Bonchev–Trinajstić information content (AvgIpc) is 3.11. The standard InChI is InChI=1S/C18H15ClN2O3S/c19-14-6-8-15(9-7-14)25-11-10-17(22)23-12-16-20-18(21-24-16)13-4-2-1-3-5-13/h1-9H,10-12H2. The highest BCUT2D eigenvalue weighted by Gasteiger charge is 2.11. The lowest BCUT2D eigenvalue weighted by Crippen LogP contribution is -2.05. The first-order valence-corrected chi connectivity index (χ1v) is 8.99. The first-order chi connectivity index (χ1) is 12.2. The summed E-state index contributed by atoms with van der Waals surface area (Å²) < 4.78 is 10.3. The van der Waals surface area contributed by atoms with Gasteiger partial charge in [0.1, 0.15) is 0 Å². The molecule has 0 unspecified atom stereocenters. The monoisotopic (exact) mass is 374 g/mol. The van der Waals surface area contributed by atoms with Crippen molar-refractivity contribution < 1.29 is 14.1 Å². The van der Waals surface area contributed by atoms with Crippen molar-refractivity contribution in [1.29, 1.82) is 0 Å². The Labute approximate surface area is 154 Å². The van der Waals surface area contributed by atoms with Gasteiger partial charge in [-0.2, -0.15) is 4.98 Å². The van der Waals surface area contributed by atoms with Crippen LogP contribution in [0.2, 0.25) is 5.02 Å². The second-order valence-corrected chi connectivity index (χ2v) is 6.70. The fourth-order valence-corrected chi connectivity index (χ4v) is 2.97. The Hall–Kier alpha value is -2.31. The number of rotatable bonds is 7. The van der Waals surface area contributed by atoms with Crippen LogP contribution in [0.5, 0.6) is 0 Å². The van der Waals surface area contributed by atoms with Gasteiger partial charge >= 0.3 is 5.97 Å². The molecule has 0 aliphatic carbocycles. The summed E-state index contributed by atoms with van der Waals surface area (Å²) in [6.07, 6.45) is 0.299. The van der Waals surface area contributed by atoms with E-state index in [0.29, 0.717) is 23.0 Å². The van der Waals surface area contributed by atoms with Crippen molar-refractivity contribution in [2.45, 2.75) is 17.9 Å². The number of benzene rings is 2. The third-order valence-corrected chi connectivity index (χ3v) is 4.51. The highest BCUT2D eigenvalue weighted by Crippen LogP contribution is 2.21. The van der Waals surface area contributed by atoms with Crippen LogP contribution in [-0.2, 0) is 16.1 Å². The first kappa shape index (κ1) is 17.5. The lowest BCUT2D eigenvalue weighted by atomic mass is 10.2. The number of carbonyl (C=O) groups excluding carboxylic acids is 1. The fraction of sp³-hybridized carbons (Fsp3) is 0.167. The van der Waals surface area contributed by atoms with Crippen LogP contribution < -0.4 is 0 Å². The molecule has 5 nitrogen and oxygen atoms in total. The third-order valence-electron chi connectivity index (χ3n) is 3.25. The molecule has 0 saturated carbocycles. The van der Waals surface area contributed by atoms with Gasteiger partial charge < -0.3 is 9.26 Å². The predicted molar refractivity (Wildman–Crippen MR) is 96.3 cm³/mol. The van der Waals surface area contributed by atoms with Crippen molar-refractivity contribution in [3.63, 3.8) is 0 Å². The third kappa shape index (κ3) is 5.34. The quantitative estimate of drug-likeness (QED) is 0.444. The first-order valence-electron chi connectivity index (χ1n) is 7.63. The van der Waals surface area contributed by atoms with E-state index >= 15 is 0 Å². The molecular formula is C18H15ClN2O3S. The molecule has 0 radical (unpaired) electrons. The summed E-state index contributed by atoms with van der Waals surface area (Å²) in [6, 6.07) is 16.9. The Morgan fingerprint density at radius 3 is 2.64 bits per heavy atom. The molecule has 3 rings (SSSR count). The maximum Gasteiger partial charge on any atom is 0.307 e. The Morgan fingerprint density at radius 1 is 1.12 bits per heavy atom. The van der Waals surface area contributed by atoms with Gasteiger partial charge in [0.15, 0.2) is 6.61 Å². The summed E-state index contributed by atoms with van der Waals surface area (Å²) in [7, 11) is 0. The molecule has 1 heterocycles. The van der Waals surface area contributed by atoms with Gasteiger partial charge in [-0.15, -0.1) is 11.8 Å². The zero-order valence-corrected chi connectivity index (χ0v) is 14.8. The molecule has 0 atom stereocenters. The van der Waals surface area contributed by atoms with Crippen LogP contribution in [0.25, 0.3) is 11.4 Å². The van der Waals surface area contributed by atoms with E-state index in [4.69, 9.17) is 20.9 Å². The zero-order chi connectivity index (χ0) is 17.5. The van der Waals surface area contributed by atoms with Crippen molar-refractivity contribution in [2.24, 2.45) is 0 Å². The normalized spacial score (nSPS) is 10.6. The van der Waals surface area contributed by atoms with E-state index in [-0.39, 0.29) is 18.5 Å². The second kappa shape index (κ2) is 8.69. The van der Waals surface area contributed by atoms with E-state index in [1.807, 2.05) is 54.6 Å². The van der Waals surface area contributed by atoms with Crippen LogP contribution in [-0.4, -0.2) is 21.9 Å². The van der Waals surface area contributed by atoms with Gasteiger partial charge in [0.25, 0.3) is 5.89 Å². The fourth-order valence-electron chi connectivity index (χ4n) is 2.02. The highest BCUT2D eigenvalue weighted by atomic mass is 35.5. The van der Waals surface area contributed by atoms with Crippen LogP contribution in [0, 0.1) is 0 Å². The number of halogens is 1. The summed E-state index contributed by atoms with van der Waals surface area (Å²) in [5, 5.41) is 4.57. The van der Waals surface area contributed by atoms with Crippen LogP contribution in [0.4, 0.5) is 0 Å². The number of hydrogen-bond donors (Lipinski definition) is 0. The SMILES string of the molecule is O=C(CCSc1ccc(Cl)cc1)OCc1nc(-c2ccccc2)no1. The number of carbonyl (C=O) groups is 1. The van der Waals surface area contributed by atoms with Crippen molar-refractivity contribution in [3.05, 3.63) is 65.5 Å². The van der Waals surface area contributed by atoms with Gasteiger partial charge in [-0.1, -0.05) is 47.1 Å². The smallest absolute Gasteiger partial charge is 0.307 e. The lowest BCUT2D eigenvalue weighted by molar-refractivity contribution is -0.145. The molecule has 0 N–H and O–H groups in total. The van der Waals surface area contributed by atoms with E-state index in [1.54, 1.807) is 11.8 Å². The van der Waals surface area contributed by atoms with Gasteiger partial charge in [-0.25, -0.2) is 0 Å². The number of esters is 1. The zero-order valence-electron chi connectivity index (χ0n) is 13.2. The molecule has 7 heteroatoms. The Bertz CT molecular complexity index is 822. The molecule has 1 aromatic heterocycles. The van der Waals surface area contributed by atoms with Gasteiger partial charge in [0, 0.05) is 21.2 Å². The maximum atomic E-state index is 11.8. The van der Waals surface area contributed by atoms with Crippen LogP contribution in [0.15, 0.2) is 64.0 Å². The molecule has 0 aliphatic rings. The summed E-state index contributed by atoms with van der Waals surface area (Å²) in [5.41, 5.74) is 0.850. The molecule has 2 aromatic carbocycles. The van der Waals surface area contributed by atoms with E-state index in [9.17, 15) is 4.79 Å². The van der Waals surface area contributed by atoms with Gasteiger partial charge in [0.05, 0.1) is 6.42 Å². The Balaban J connectivity index is 1.42. The van der Waals surface area contributed by atoms with E-state index in [1.165, 1.54) is 0 Å². The van der Waals surface area contributed by atoms with E-state index < -0.39 is 0 Å². The second-order valence-electron chi connectivity index (χ2n) is 5.09. The largest absolute Gasteiger partial charge is 0.456 e. The lowest BCUT2D eigenvalue weighted by Gasteiger charge is -2.02. The number of thioether (sulfide) groups is 1. The van der Waals surface area contributed by atoms with Gasteiger partial charge in [0.2, 0.25) is 5.82 Å². The number of aromatic nitrogens is 2. The van der Waals surface area contributed by atoms with Crippen molar-refractivity contribution in [2.75, 3.05) is 5.75 Å². The van der Waals surface area contributed by atoms with Crippen LogP contribution in [0.1, 0.15) is 12.3 Å². The van der Waals surface area contributed by atoms with Crippen molar-refractivity contribution in [3.8, 4) is 11.4 Å². The molecular weight excluding hydrogens is 360 g/mol. The summed E-state index contributed by atoms with van der Waals surface area (Å²) in [4.78, 5) is 17.1. The van der Waals surface area contributed by atoms with Crippen molar-refractivity contribution in [1.82, 2.24) is 10.1 Å². The van der Waals surface area contributed by atoms with Gasteiger partial charge in [-0.3, -0.25) is 4.79 Å². The molecule has 25 heavy (non-hydrogen) atoms. The summed E-state index contributed by atoms with van der Waals surface area (Å²) in [6.45, 7) is -0.0235. The summed E-state index contributed by atoms with van der Waals surface area (Å²) in [5.74, 6) is 1.07. The topological polar surface area (TPSA) is 65.2 Å². The van der Waals surface area contributed by atoms with Gasteiger partial charge in [-0.05, 0) is 24.3 Å². The predicted octanol–water partition coefficient (Wildman–Crippen LogP) is 4.62. The van der Waals surface area contributed by atoms with Crippen LogP contribution >= 0.6 is 23.4 Å². The van der Waals surface area contributed by atoms with E-state index in [2.05, 4.69) is 10.1 Å². The molecule has 0 amide bonds. The number of hydrogen-bond acceptors (Lipinski definition) is 6. The molecule has 0 spiro atoms. The number of nitrogens with zero attached hydrogens (tertiary/aromatic N) is 2. The minimum atomic E-state index is -0.305. The Morgan fingerprint density at radius 2 is 1.88 bits per heavy atom. The minimum absolute atomic E-state index is 0.0235. The molecule has 128 valence electrons. The molecule has 0 fully saturated rings. The molecule has 0 bridgehead atoms. The van der Waals surface area contributed by atoms with Crippen molar-refractivity contribution >= 4 is 29.3 Å². The Kier molecular flexibility index (Phi) is 6.09. The average molecular weight is 375 g/mol. The number of ether oxygens (including phenoxy) is 1. The summed E-state index contributed by atoms with van der Waals surface area (Å²) >= 11 is 7.40. The minimum Gasteiger partial charge on any atom is -0.456 e. The highest BCUT2D eigenvalue weighted by molar-refractivity contribution is 7.99. The molecule has 0 saturated heterocycles.